The Kier molecular flexibility index (Phi) is 4.96. The lowest BCUT2D eigenvalue weighted by Crippen LogP contribution is -2.10. The van der Waals surface area contributed by atoms with Crippen molar-refractivity contribution in [2.45, 2.75) is 6.10 Å². The number of pyridine rings is 1. The predicted octanol–water partition coefficient (Wildman–Crippen LogP) is 3.56. The van der Waals surface area contributed by atoms with E-state index >= 15 is 0 Å². The minimum absolute atomic E-state index is 0.206. The van der Waals surface area contributed by atoms with E-state index in [1.165, 1.54) is 0 Å². The van der Waals surface area contributed by atoms with Gasteiger partial charge in [0.2, 0.25) is 0 Å². The van der Waals surface area contributed by atoms with Crippen LogP contribution in [0.4, 0.5) is 0 Å². The van der Waals surface area contributed by atoms with Gasteiger partial charge in [0.05, 0.1) is 0 Å². The maximum atomic E-state index is 10.0. The number of rotatable bonds is 4. The van der Waals surface area contributed by atoms with Gasteiger partial charge in [-0.15, -0.1) is 0 Å². The van der Waals surface area contributed by atoms with Gasteiger partial charge in [0, 0.05) is 10.7 Å². The molecule has 18 heavy (non-hydrogen) atoms. The maximum absolute atomic E-state index is 10.0. The molecule has 1 unspecified atom stereocenters. The normalized spacial score (nSPS) is 12.2. The number of nitrogens with zero attached hydrogens (tertiary/aromatic N) is 1. The van der Waals surface area contributed by atoms with Crippen LogP contribution in [-0.4, -0.2) is 16.7 Å². The summed E-state index contributed by atoms with van der Waals surface area (Å²) in [5, 5.41) is 10.0. The van der Waals surface area contributed by atoms with E-state index in [-0.39, 0.29) is 6.61 Å². The molecule has 0 aliphatic rings. The van der Waals surface area contributed by atoms with Crippen molar-refractivity contribution < 1.29 is 9.84 Å². The number of benzene rings is 1. The fourth-order valence-electron chi connectivity index (χ4n) is 1.46. The highest BCUT2D eigenvalue weighted by Crippen LogP contribution is 2.21. The van der Waals surface area contributed by atoms with Crippen molar-refractivity contribution in [3.8, 4) is 5.75 Å². The van der Waals surface area contributed by atoms with Gasteiger partial charge in [-0.05, 0) is 52.4 Å². The molecule has 0 radical (unpaired) electrons. The highest BCUT2D eigenvalue weighted by molar-refractivity contribution is 14.1. The molecule has 0 aliphatic carbocycles. The second-order valence-electron chi connectivity index (χ2n) is 3.67. The summed E-state index contributed by atoms with van der Waals surface area (Å²) in [4.78, 5) is 4.12. The average Bonchev–Trinajstić information content (AvgIpc) is 2.37. The third-order valence-corrected chi connectivity index (χ3v) is 3.66. The van der Waals surface area contributed by atoms with E-state index in [0.717, 1.165) is 13.7 Å². The van der Waals surface area contributed by atoms with Crippen LogP contribution in [-0.2, 0) is 0 Å². The molecule has 1 atom stereocenters. The molecule has 0 saturated carbocycles. The van der Waals surface area contributed by atoms with E-state index in [4.69, 9.17) is 4.74 Å². The average molecular weight is 420 g/mol. The molecule has 0 bridgehead atoms. The lowest BCUT2D eigenvalue weighted by atomic mass is 10.1. The van der Waals surface area contributed by atoms with Crippen LogP contribution in [0.3, 0.4) is 0 Å². The van der Waals surface area contributed by atoms with Crippen LogP contribution in [0, 0.1) is 3.70 Å². The summed E-state index contributed by atoms with van der Waals surface area (Å²) in [5.41, 5.74) is 0.822. The standard InChI is InChI=1S/C13H11BrINO2/c14-10-4-1-3-9(7-10)11(17)8-18-12-5-2-6-16-13(12)15/h1-7,11,17H,8H2. The largest absolute Gasteiger partial charge is 0.488 e. The summed E-state index contributed by atoms with van der Waals surface area (Å²) in [7, 11) is 0. The van der Waals surface area contributed by atoms with E-state index in [9.17, 15) is 5.11 Å². The smallest absolute Gasteiger partial charge is 0.151 e. The number of aromatic nitrogens is 1. The monoisotopic (exact) mass is 419 g/mol. The maximum Gasteiger partial charge on any atom is 0.151 e. The van der Waals surface area contributed by atoms with Crippen molar-refractivity contribution in [2.24, 2.45) is 0 Å². The summed E-state index contributed by atoms with van der Waals surface area (Å²) in [6.45, 7) is 0.206. The first-order valence-corrected chi connectivity index (χ1v) is 7.21. The zero-order valence-corrected chi connectivity index (χ0v) is 13.1. The number of hydrogen-bond acceptors (Lipinski definition) is 3. The molecular weight excluding hydrogens is 409 g/mol. The molecule has 0 fully saturated rings. The molecule has 1 N–H and O–H groups in total. The molecule has 2 aromatic rings. The number of hydrogen-bond donors (Lipinski definition) is 1. The molecule has 1 aromatic carbocycles. The first kappa shape index (κ1) is 13.8. The van der Waals surface area contributed by atoms with Crippen LogP contribution in [0.5, 0.6) is 5.75 Å². The van der Waals surface area contributed by atoms with Crippen LogP contribution < -0.4 is 4.74 Å². The second-order valence-corrected chi connectivity index (χ2v) is 5.61. The summed E-state index contributed by atoms with van der Waals surface area (Å²) in [6, 6.07) is 11.2. The van der Waals surface area contributed by atoms with Crippen LogP contribution in [0.2, 0.25) is 0 Å². The van der Waals surface area contributed by atoms with Gasteiger partial charge in [-0.2, -0.15) is 0 Å². The fourth-order valence-corrected chi connectivity index (χ4v) is 2.37. The molecule has 0 spiro atoms. The molecule has 0 aliphatic heterocycles. The Morgan fingerprint density at radius 3 is 2.89 bits per heavy atom. The van der Waals surface area contributed by atoms with Crippen molar-refractivity contribution in [3.63, 3.8) is 0 Å². The SMILES string of the molecule is OC(COc1cccnc1I)c1cccc(Br)c1. The summed E-state index contributed by atoms with van der Waals surface area (Å²) < 4.78 is 7.29. The second kappa shape index (κ2) is 6.49. The Morgan fingerprint density at radius 1 is 1.33 bits per heavy atom. The highest BCUT2D eigenvalue weighted by atomic mass is 127. The van der Waals surface area contributed by atoms with Crippen molar-refractivity contribution in [2.75, 3.05) is 6.61 Å². The van der Waals surface area contributed by atoms with Gasteiger partial charge in [-0.1, -0.05) is 28.1 Å². The minimum Gasteiger partial charge on any atom is -0.488 e. The summed E-state index contributed by atoms with van der Waals surface area (Å²) >= 11 is 5.48. The molecule has 0 amide bonds. The summed E-state index contributed by atoms with van der Waals surface area (Å²) in [6.07, 6.45) is 1.05. The van der Waals surface area contributed by atoms with Gasteiger partial charge >= 0.3 is 0 Å². The Morgan fingerprint density at radius 2 is 2.17 bits per heavy atom. The predicted molar refractivity (Wildman–Crippen MR) is 81.6 cm³/mol. The summed E-state index contributed by atoms with van der Waals surface area (Å²) in [5.74, 6) is 0.687. The Labute approximate surface area is 127 Å². The van der Waals surface area contributed by atoms with Crippen LogP contribution in [0.15, 0.2) is 47.1 Å². The number of aliphatic hydroxyl groups is 1. The van der Waals surface area contributed by atoms with Gasteiger partial charge in [0.15, 0.2) is 5.75 Å². The molecular formula is C13H11BrINO2. The van der Waals surface area contributed by atoms with Crippen LogP contribution >= 0.6 is 38.5 Å². The van der Waals surface area contributed by atoms with Crippen molar-refractivity contribution >= 4 is 38.5 Å². The fraction of sp³-hybridized carbons (Fsp3) is 0.154. The van der Waals surface area contributed by atoms with E-state index in [1.807, 2.05) is 36.4 Å². The Hall–Kier alpha value is -0.660. The lowest BCUT2D eigenvalue weighted by molar-refractivity contribution is 0.107. The topological polar surface area (TPSA) is 42.4 Å². The van der Waals surface area contributed by atoms with Gasteiger partial charge in [0.1, 0.15) is 16.4 Å². The molecule has 3 nitrogen and oxygen atoms in total. The van der Waals surface area contributed by atoms with Crippen molar-refractivity contribution in [1.29, 1.82) is 0 Å². The van der Waals surface area contributed by atoms with Crippen LogP contribution in [0.1, 0.15) is 11.7 Å². The first-order valence-electron chi connectivity index (χ1n) is 5.33. The third-order valence-electron chi connectivity index (χ3n) is 2.36. The zero-order chi connectivity index (χ0) is 13.0. The van der Waals surface area contributed by atoms with Crippen LogP contribution in [0.25, 0.3) is 0 Å². The molecule has 5 heteroatoms. The van der Waals surface area contributed by atoms with Gasteiger partial charge in [-0.3, -0.25) is 0 Å². The minimum atomic E-state index is -0.654. The van der Waals surface area contributed by atoms with Gasteiger partial charge in [-0.25, -0.2) is 4.98 Å². The van der Waals surface area contributed by atoms with Crippen molar-refractivity contribution in [1.82, 2.24) is 4.98 Å². The number of ether oxygens (including phenoxy) is 1. The van der Waals surface area contributed by atoms with E-state index in [1.54, 1.807) is 6.20 Å². The molecule has 1 heterocycles. The van der Waals surface area contributed by atoms with E-state index < -0.39 is 6.10 Å². The third kappa shape index (κ3) is 3.66. The lowest BCUT2D eigenvalue weighted by Gasteiger charge is -2.13. The Balaban J connectivity index is 2.00. The van der Waals surface area contributed by atoms with Crippen molar-refractivity contribution in [3.05, 3.63) is 56.3 Å². The number of aliphatic hydroxyl groups excluding tert-OH is 1. The van der Waals surface area contributed by atoms with E-state index in [2.05, 4.69) is 43.5 Å². The Bertz CT molecular complexity index is 536. The quantitative estimate of drug-likeness (QED) is 0.608. The molecule has 1 aromatic heterocycles. The first-order chi connectivity index (χ1) is 8.66. The highest BCUT2D eigenvalue weighted by Gasteiger charge is 2.10. The zero-order valence-electron chi connectivity index (χ0n) is 9.38. The number of halogens is 2. The van der Waals surface area contributed by atoms with E-state index in [0.29, 0.717) is 5.75 Å². The van der Waals surface area contributed by atoms with Gasteiger partial charge in [0.25, 0.3) is 0 Å². The molecule has 2 rings (SSSR count). The van der Waals surface area contributed by atoms with Gasteiger partial charge < -0.3 is 9.84 Å². The molecule has 94 valence electrons. The molecule has 0 saturated heterocycles.